The molecule has 0 radical (unpaired) electrons. The first kappa shape index (κ1) is 17.5. The molecule has 1 aromatic rings. The van der Waals surface area contributed by atoms with E-state index in [-0.39, 0.29) is 10.2 Å². The third kappa shape index (κ3) is 3.73. The minimum atomic E-state index is -1.04. The molecule has 5 nitrogen and oxygen atoms in total. The first-order valence-corrected chi connectivity index (χ1v) is 8.35. The second kappa shape index (κ2) is 7.61. The number of para-hydroxylation sites is 1. The molecule has 1 aliphatic heterocycles. The normalized spacial score (nSPS) is 17.7. The highest BCUT2D eigenvalue weighted by Gasteiger charge is 2.40. The summed E-state index contributed by atoms with van der Waals surface area (Å²) in [6, 6.07) is 6.38. The third-order valence-electron chi connectivity index (χ3n) is 3.41. The van der Waals surface area contributed by atoms with Crippen LogP contribution in [0.2, 0.25) is 0 Å². The summed E-state index contributed by atoms with van der Waals surface area (Å²) in [4.78, 5) is 25.6. The maximum atomic E-state index is 12.6. The van der Waals surface area contributed by atoms with E-state index in [1.54, 1.807) is 19.3 Å². The lowest BCUT2D eigenvalue weighted by Gasteiger charge is -2.22. The number of carbonyl (C=O) groups excluding carboxylic acids is 1. The van der Waals surface area contributed by atoms with Crippen LogP contribution in [-0.2, 0) is 9.59 Å². The van der Waals surface area contributed by atoms with Crippen molar-refractivity contribution in [2.75, 3.05) is 7.11 Å². The highest BCUT2D eigenvalue weighted by atomic mass is 32.2. The number of methoxy groups -OCH3 is 1. The number of ether oxygens (including phenoxy) is 1. The van der Waals surface area contributed by atoms with Crippen molar-refractivity contribution in [1.82, 2.24) is 4.90 Å². The van der Waals surface area contributed by atoms with E-state index in [0.717, 1.165) is 17.3 Å². The average molecular weight is 351 g/mol. The topological polar surface area (TPSA) is 66.8 Å². The van der Waals surface area contributed by atoms with Crippen LogP contribution in [0, 0.1) is 0 Å². The molecule has 1 heterocycles. The van der Waals surface area contributed by atoms with Gasteiger partial charge in [0.15, 0.2) is 0 Å². The van der Waals surface area contributed by atoms with Crippen molar-refractivity contribution < 1.29 is 19.4 Å². The number of nitrogens with zero attached hydrogens (tertiary/aromatic N) is 1. The van der Waals surface area contributed by atoms with E-state index < -0.39 is 12.0 Å². The zero-order chi connectivity index (χ0) is 17.0. The summed E-state index contributed by atoms with van der Waals surface area (Å²) in [6.07, 6.45) is 2.70. The van der Waals surface area contributed by atoms with Crippen LogP contribution in [0.25, 0.3) is 6.08 Å². The van der Waals surface area contributed by atoms with Gasteiger partial charge in [-0.05, 0) is 18.6 Å². The molecule has 23 heavy (non-hydrogen) atoms. The summed E-state index contributed by atoms with van der Waals surface area (Å²) in [6.45, 7) is 1.87. The molecule has 1 atom stereocenters. The van der Waals surface area contributed by atoms with Crippen LogP contribution in [0.4, 0.5) is 0 Å². The fourth-order valence-corrected chi connectivity index (χ4v) is 3.66. The van der Waals surface area contributed by atoms with Gasteiger partial charge in [-0.25, -0.2) is 4.79 Å². The van der Waals surface area contributed by atoms with Gasteiger partial charge in [-0.2, -0.15) is 0 Å². The number of rotatable bonds is 6. The van der Waals surface area contributed by atoms with E-state index in [9.17, 15) is 14.7 Å². The molecule has 0 aromatic heterocycles. The minimum Gasteiger partial charge on any atom is -0.496 e. The monoisotopic (exact) mass is 351 g/mol. The van der Waals surface area contributed by atoms with Gasteiger partial charge < -0.3 is 9.84 Å². The van der Waals surface area contributed by atoms with E-state index in [2.05, 4.69) is 0 Å². The number of carboxylic acids is 1. The lowest BCUT2D eigenvalue weighted by molar-refractivity contribution is -0.145. The smallest absolute Gasteiger partial charge is 0.326 e. The molecule has 2 rings (SSSR count). The largest absolute Gasteiger partial charge is 0.496 e. The van der Waals surface area contributed by atoms with E-state index >= 15 is 0 Å². The molecule has 0 bridgehead atoms. The summed E-state index contributed by atoms with van der Waals surface area (Å²) in [5, 5.41) is 9.36. The second-order valence-corrected chi connectivity index (χ2v) is 6.61. The minimum absolute atomic E-state index is 0.275. The van der Waals surface area contributed by atoms with Crippen LogP contribution >= 0.6 is 24.0 Å². The third-order valence-corrected chi connectivity index (χ3v) is 4.74. The Morgan fingerprint density at radius 2 is 2.17 bits per heavy atom. The van der Waals surface area contributed by atoms with Crippen molar-refractivity contribution in [3.05, 3.63) is 34.7 Å². The maximum absolute atomic E-state index is 12.6. The predicted molar refractivity (Wildman–Crippen MR) is 94.3 cm³/mol. The van der Waals surface area contributed by atoms with E-state index in [1.807, 2.05) is 25.1 Å². The van der Waals surface area contributed by atoms with Crippen LogP contribution in [0.15, 0.2) is 29.2 Å². The number of carbonyl (C=O) groups is 2. The standard InChI is InChI=1S/C16H17NO4S2/c1-3-6-11(15(19)20)17-14(18)13(23-16(17)22)9-10-7-4-5-8-12(10)21-2/h4-5,7-9,11H,3,6H2,1-2H3,(H,19,20)/b13-9-/t11-/m0/s1. The lowest BCUT2D eigenvalue weighted by Crippen LogP contribution is -2.43. The molecule has 1 fully saturated rings. The fraction of sp³-hybridized carbons (Fsp3) is 0.312. The van der Waals surface area contributed by atoms with Gasteiger partial charge in [0, 0.05) is 5.56 Å². The Morgan fingerprint density at radius 1 is 1.48 bits per heavy atom. The molecule has 1 aromatic carbocycles. The van der Waals surface area contributed by atoms with Gasteiger partial charge in [0.25, 0.3) is 5.91 Å². The highest BCUT2D eigenvalue weighted by Crippen LogP contribution is 2.36. The Hall–Kier alpha value is -1.86. The lowest BCUT2D eigenvalue weighted by atomic mass is 10.1. The molecule has 7 heteroatoms. The molecule has 1 N–H and O–H groups in total. The average Bonchev–Trinajstić information content (AvgIpc) is 2.79. The van der Waals surface area contributed by atoms with Gasteiger partial charge in [-0.3, -0.25) is 9.69 Å². The molecule has 0 saturated carbocycles. The van der Waals surface area contributed by atoms with E-state index in [1.165, 1.54) is 4.90 Å². The van der Waals surface area contributed by atoms with Crippen molar-refractivity contribution in [2.45, 2.75) is 25.8 Å². The van der Waals surface area contributed by atoms with Gasteiger partial charge in [0.1, 0.15) is 16.1 Å². The van der Waals surface area contributed by atoms with Gasteiger partial charge in [-0.1, -0.05) is 55.5 Å². The Labute approximate surface area is 144 Å². The Kier molecular flexibility index (Phi) is 5.79. The number of amides is 1. The number of thiocarbonyl (C=S) groups is 1. The van der Waals surface area contributed by atoms with Crippen molar-refractivity contribution in [3.63, 3.8) is 0 Å². The van der Waals surface area contributed by atoms with Crippen LogP contribution in [0.1, 0.15) is 25.3 Å². The maximum Gasteiger partial charge on any atom is 0.326 e. The van der Waals surface area contributed by atoms with Crippen LogP contribution in [0.5, 0.6) is 5.75 Å². The van der Waals surface area contributed by atoms with Gasteiger partial charge in [0.05, 0.1) is 12.0 Å². The van der Waals surface area contributed by atoms with Crippen LogP contribution in [0.3, 0.4) is 0 Å². The highest BCUT2D eigenvalue weighted by molar-refractivity contribution is 8.26. The van der Waals surface area contributed by atoms with Crippen molar-refractivity contribution >= 4 is 46.3 Å². The van der Waals surface area contributed by atoms with Crippen LogP contribution < -0.4 is 4.74 Å². The summed E-state index contributed by atoms with van der Waals surface area (Å²) in [5.74, 6) is -0.769. The summed E-state index contributed by atoms with van der Waals surface area (Å²) < 4.78 is 5.54. The van der Waals surface area contributed by atoms with E-state index in [0.29, 0.717) is 23.5 Å². The SMILES string of the molecule is CCC[C@@H](C(=O)O)N1C(=O)/C(=C/c2ccccc2OC)SC1=S. The first-order chi connectivity index (χ1) is 11.0. The Morgan fingerprint density at radius 3 is 2.78 bits per heavy atom. The summed E-state index contributed by atoms with van der Waals surface area (Å²) in [5.41, 5.74) is 0.748. The van der Waals surface area contributed by atoms with E-state index in [4.69, 9.17) is 17.0 Å². The predicted octanol–water partition coefficient (Wildman–Crippen LogP) is 3.15. The van der Waals surface area contributed by atoms with Gasteiger partial charge >= 0.3 is 5.97 Å². The van der Waals surface area contributed by atoms with Crippen LogP contribution in [-0.4, -0.2) is 39.4 Å². The molecular formula is C16H17NO4S2. The van der Waals surface area contributed by atoms with Gasteiger partial charge in [-0.15, -0.1) is 0 Å². The molecule has 122 valence electrons. The molecule has 0 aliphatic carbocycles. The molecule has 1 aliphatic rings. The number of thioether (sulfide) groups is 1. The van der Waals surface area contributed by atoms with Gasteiger partial charge in [0.2, 0.25) is 0 Å². The second-order valence-electron chi connectivity index (χ2n) is 4.94. The number of benzene rings is 1. The molecule has 1 amide bonds. The molecular weight excluding hydrogens is 334 g/mol. The number of hydrogen-bond acceptors (Lipinski definition) is 5. The molecule has 0 spiro atoms. The Bertz CT molecular complexity index is 672. The zero-order valence-corrected chi connectivity index (χ0v) is 14.4. The summed E-state index contributed by atoms with van der Waals surface area (Å²) >= 11 is 6.33. The summed E-state index contributed by atoms with van der Waals surface area (Å²) in [7, 11) is 1.56. The fourth-order valence-electron chi connectivity index (χ4n) is 2.31. The number of hydrogen-bond donors (Lipinski definition) is 1. The van der Waals surface area contributed by atoms with Crippen molar-refractivity contribution in [1.29, 1.82) is 0 Å². The first-order valence-electron chi connectivity index (χ1n) is 7.12. The van der Waals surface area contributed by atoms with Crippen molar-refractivity contribution in [2.24, 2.45) is 0 Å². The molecule has 1 saturated heterocycles. The number of carboxylic acid groups (broad SMARTS) is 1. The van der Waals surface area contributed by atoms with Crippen molar-refractivity contribution in [3.8, 4) is 5.75 Å². The number of aliphatic carboxylic acids is 1. The Balaban J connectivity index is 2.34. The zero-order valence-electron chi connectivity index (χ0n) is 12.8. The molecule has 0 unspecified atom stereocenters. The quantitative estimate of drug-likeness (QED) is 0.627.